The molecule has 28 heavy (non-hydrogen) atoms. The fourth-order valence-corrected chi connectivity index (χ4v) is 3.95. The minimum atomic E-state index is -1.06. The van der Waals surface area contributed by atoms with E-state index in [0.717, 1.165) is 27.8 Å². The van der Waals surface area contributed by atoms with Crippen LogP contribution in [0.15, 0.2) is 72.8 Å². The van der Waals surface area contributed by atoms with Crippen LogP contribution in [0.5, 0.6) is 0 Å². The molecule has 1 fully saturated rings. The fourth-order valence-electron chi connectivity index (χ4n) is 3.95. The predicted molar refractivity (Wildman–Crippen MR) is 109 cm³/mol. The van der Waals surface area contributed by atoms with Crippen molar-refractivity contribution in [3.05, 3.63) is 83.9 Å². The molecule has 142 valence electrons. The van der Waals surface area contributed by atoms with Gasteiger partial charge in [0.05, 0.1) is 7.05 Å². The monoisotopic (exact) mass is 374 g/mol. The van der Waals surface area contributed by atoms with Gasteiger partial charge in [-0.25, -0.2) is 9.69 Å². The van der Waals surface area contributed by atoms with Gasteiger partial charge < -0.3 is 10.2 Å². The second-order valence-corrected chi connectivity index (χ2v) is 7.59. The maximum atomic E-state index is 13.3. The summed E-state index contributed by atoms with van der Waals surface area (Å²) in [5, 5.41) is 4.96. The molecule has 1 saturated heterocycles. The molecule has 2 atom stereocenters. The van der Waals surface area contributed by atoms with Crippen molar-refractivity contribution >= 4 is 22.7 Å². The number of carbonyl (C=O) groups is 2. The Bertz CT molecular complexity index is 1030. The van der Waals surface area contributed by atoms with Gasteiger partial charge in [0.15, 0.2) is 6.67 Å². The molecule has 0 spiro atoms. The van der Waals surface area contributed by atoms with E-state index in [1.165, 1.54) is 10.5 Å². The molecule has 1 unspecified atom stereocenters. The highest BCUT2D eigenvalue weighted by atomic mass is 16.2. The fraction of sp³-hybridized carbons (Fsp3) is 0.217. The lowest BCUT2D eigenvalue weighted by Crippen LogP contribution is -3.09. The minimum absolute atomic E-state index is 0.207. The lowest BCUT2D eigenvalue weighted by Gasteiger charge is -2.24. The lowest BCUT2D eigenvalue weighted by molar-refractivity contribution is -0.901. The first-order valence-electron chi connectivity index (χ1n) is 9.46. The molecule has 0 bridgehead atoms. The van der Waals surface area contributed by atoms with E-state index in [1.54, 1.807) is 6.92 Å². The number of carbonyl (C=O) groups excluding carboxylic acids is 2. The van der Waals surface area contributed by atoms with Crippen molar-refractivity contribution in [3.8, 4) is 0 Å². The third-order valence-electron chi connectivity index (χ3n) is 5.38. The van der Waals surface area contributed by atoms with Crippen molar-refractivity contribution in [2.24, 2.45) is 0 Å². The molecule has 0 radical (unpaired) electrons. The van der Waals surface area contributed by atoms with E-state index in [2.05, 4.69) is 17.4 Å². The van der Waals surface area contributed by atoms with Crippen molar-refractivity contribution in [3.63, 3.8) is 0 Å². The van der Waals surface area contributed by atoms with Crippen LogP contribution in [0.2, 0.25) is 0 Å². The van der Waals surface area contributed by atoms with E-state index in [1.807, 2.05) is 67.7 Å². The third-order valence-corrected chi connectivity index (χ3v) is 5.38. The van der Waals surface area contributed by atoms with Gasteiger partial charge in [-0.2, -0.15) is 0 Å². The summed E-state index contributed by atoms with van der Waals surface area (Å²) in [5.41, 5.74) is 0.932. The second-order valence-electron chi connectivity index (χ2n) is 7.59. The maximum Gasteiger partial charge on any atom is 0.329 e. The first-order chi connectivity index (χ1) is 13.5. The second kappa shape index (κ2) is 7.09. The number of hydrogen-bond donors (Lipinski definition) is 2. The summed E-state index contributed by atoms with van der Waals surface area (Å²) in [6.07, 6.45) is 0. The number of amides is 3. The zero-order valence-corrected chi connectivity index (χ0v) is 16.1. The molecule has 0 saturated carbocycles. The Labute approximate surface area is 164 Å². The van der Waals surface area contributed by atoms with Crippen LogP contribution in [0.1, 0.15) is 18.1 Å². The van der Waals surface area contributed by atoms with Gasteiger partial charge in [0, 0.05) is 5.56 Å². The Kier molecular flexibility index (Phi) is 4.61. The highest BCUT2D eigenvalue weighted by Gasteiger charge is 2.50. The quantitative estimate of drug-likeness (QED) is 0.673. The number of fused-ring (bicyclic) bond motifs is 1. The molecule has 0 aromatic heterocycles. The topological polar surface area (TPSA) is 53.9 Å². The number of urea groups is 1. The molecule has 1 aliphatic rings. The van der Waals surface area contributed by atoms with Crippen LogP contribution in [0.4, 0.5) is 4.79 Å². The number of rotatable bonds is 5. The van der Waals surface area contributed by atoms with Crippen LogP contribution in [-0.2, 0) is 16.9 Å². The summed E-state index contributed by atoms with van der Waals surface area (Å²) < 4.78 is 0. The molecule has 2 N–H and O–H groups in total. The normalized spacial score (nSPS) is 20.4. The molecule has 4 rings (SSSR count). The van der Waals surface area contributed by atoms with Gasteiger partial charge in [-0.1, -0.05) is 72.8 Å². The summed E-state index contributed by atoms with van der Waals surface area (Å²) in [6, 6.07) is 23.5. The predicted octanol–water partition coefficient (Wildman–Crippen LogP) is 2.28. The molecular formula is C23H24N3O2+. The molecule has 1 heterocycles. The largest absolute Gasteiger partial charge is 0.329 e. The summed E-state index contributed by atoms with van der Waals surface area (Å²) >= 11 is 0. The van der Waals surface area contributed by atoms with Gasteiger partial charge in [0.25, 0.3) is 5.91 Å². The lowest BCUT2D eigenvalue weighted by atomic mass is 9.88. The molecule has 0 aliphatic carbocycles. The number of imide groups is 1. The van der Waals surface area contributed by atoms with Crippen molar-refractivity contribution in [1.29, 1.82) is 0 Å². The smallest absolute Gasteiger partial charge is 0.319 e. The Balaban J connectivity index is 1.59. The van der Waals surface area contributed by atoms with Crippen LogP contribution in [0.3, 0.4) is 0 Å². The Hall–Kier alpha value is -3.18. The Morgan fingerprint density at radius 2 is 1.61 bits per heavy atom. The molecular weight excluding hydrogens is 350 g/mol. The first-order valence-corrected chi connectivity index (χ1v) is 9.46. The van der Waals surface area contributed by atoms with Gasteiger partial charge in [-0.05, 0) is 23.3 Å². The van der Waals surface area contributed by atoms with E-state index in [0.29, 0.717) is 6.67 Å². The summed E-state index contributed by atoms with van der Waals surface area (Å²) in [4.78, 5) is 28.4. The number of hydrogen-bond acceptors (Lipinski definition) is 2. The van der Waals surface area contributed by atoms with Gasteiger partial charge in [-0.15, -0.1) is 0 Å². The number of benzene rings is 3. The van der Waals surface area contributed by atoms with E-state index >= 15 is 0 Å². The third kappa shape index (κ3) is 3.14. The molecule has 1 aliphatic heterocycles. The highest BCUT2D eigenvalue weighted by Crippen LogP contribution is 2.33. The summed E-state index contributed by atoms with van der Waals surface area (Å²) in [7, 11) is 1.99. The van der Waals surface area contributed by atoms with Crippen molar-refractivity contribution in [1.82, 2.24) is 10.2 Å². The Morgan fingerprint density at radius 3 is 2.39 bits per heavy atom. The average Bonchev–Trinajstić information content (AvgIpc) is 2.92. The zero-order chi connectivity index (χ0) is 19.7. The van der Waals surface area contributed by atoms with E-state index < -0.39 is 5.54 Å². The van der Waals surface area contributed by atoms with E-state index in [4.69, 9.17) is 0 Å². The molecule has 3 aromatic carbocycles. The minimum Gasteiger partial charge on any atom is -0.319 e. The number of quaternary nitrogens is 1. The van der Waals surface area contributed by atoms with Crippen LogP contribution >= 0.6 is 0 Å². The highest BCUT2D eigenvalue weighted by molar-refractivity contribution is 6.09. The van der Waals surface area contributed by atoms with Crippen molar-refractivity contribution < 1.29 is 14.5 Å². The molecule has 3 amide bonds. The van der Waals surface area contributed by atoms with Crippen LogP contribution in [0.25, 0.3) is 10.8 Å². The molecule has 5 nitrogen and oxygen atoms in total. The number of nitrogens with zero attached hydrogens (tertiary/aromatic N) is 1. The van der Waals surface area contributed by atoms with E-state index in [9.17, 15) is 9.59 Å². The summed E-state index contributed by atoms with van der Waals surface area (Å²) in [6.45, 7) is 2.85. The van der Waals surface area contributed by atoms with Gasteiger partial charge in [0.1, 0.15) is 12.1 Å². The zero-order valence-electron chi connectivity index (χ0n) is 16.1. The standard InChI is InChI=1S/C23H23N3O2/c1-23(20-14-8-12-18-11-6-7-13-19(18)20)21(27)26(22(28)24-23)16-25(2)15-17-9-4-3-5-10-17/h3-14H,15-16H2,1-2H3,(H,24,28)/p+1/t23-/m1/s1. The van der Waals surface area contributed by atoms with Crippen LogP contribution in [-0.4, -0.2) is 30.6 Å². The number of nitrogens with one attached hydrogen (secondary N) is 2. The van der Waals surface area contributed by atoms with Gasteiger partial charge >= 0.3 is 6.03 Å². The van der Waals surface area contributed by atoms with Crippen molar-refractivity contribution in [2.75, 3.05) is 13.7 Å². The van der Waals surface area contributed by atoms with Crippen molar-refractivity contribution in [2.45, 2.75) is 19.0 Å². The van der Waals surface area contributed by atoms with E-state index in [-0.39, 0.29) is 11.9 Å². The van der Waals surface area contributed by atoms with Crippen LogP contribution in [0, 0.1) is 0 Å². The maximum absolute atomic E-state index is 13.3. The van der Waals surface area contributed by atoms with Gasteiger partial charge in [0.2, 0.25) is 0 Å². The van der Waals surface area contributed by atoms with Gasteiger partial charge in [-0.3, -0.25) is 4.79 Å². The molecule has 5 heteroatoms. The Morgan fingerprint density at radius 1 is 0.929 bits per heavy atom. The average molecular weight is 374 g/mol. The van der Waals surface area contributed by atoms with Crippen LogP contribution < -0.4 is 10.2 Å². The molecule has 3 aromatic rings. The first kappa shape index (κ1) is 18.2. The summed E-state index contributed by atoms with van der Waals surface area (Å²) in [5.74, 6) is -0.207. The SMILES string of the molecule is C[NH+](Cc1ccccc1)CN1C(=O)N[C@](C)(c2cccc3ccccc23)C1=O.